The average molecular weight is 217 g/mol. The molecule has 2 heteroatoms. The van der Waals surface area contributed by atoms with Gasteiger partial charge in [-0.15, -0.1) is 0 Å². The van der Waals surface area contributed by atoms with Crippen LogP contribution in [-0.4, -0.2) is 29.2 Å². The Kier molecular flexibility index (Phi) is 2.70. The highest BCUT2D eigenvalue weighted by Gasteiger charge is 2.41. The van der Waals surface area contributed by atoms with Crippen LogP contribution in [-0.2, 0) is 6.54 Å². The molecule has 86 valence electrons. The van der Waals surface area contributed by atoms with Crippen LogP contribution in [0.4, 0.5) is 0 Å². The number of aliphatic hydroxyl groups excluding tert-OH is 1. The summed E-state index contributed by atoms with van der Waals surface area (Å²) >= 11 is 0. The Morgan fingerprint density at radius 1 is 1.12 bits per heavy atom. The highest BCUT2D eigenvalue weighted by molar-refractivity contribution is 5.15. The van der Waals surface area contributed by atoms with Crippen molar-refractivity contribution in [1.82, 2.24) is 4.90 Å². The Morgan fingerprint density at radius 3 is 2.69 bits per heavy atom. The fourth-order valence-corrected chi connectivity index (χ4v) is 3.30. The number of hydrogen-bond donors (Lipinski definition) is 1. The molecule has 0 aromatic heterocycles. The SMILES string of the molecule is O[C@H]1CC[C@@H]2CN(Cc3ccccc3)C[C@H]21. The minimum atomic E-state index is -0.0363. The van der Waals surface area contributed by atoms with E-state index in [9.17, 15) is 5.11 Å². The zero-order valence-corrected chi connectivity index (χ0v) is 9.55. The summed E-state index contributed by atoms with van der Waals surface area (Å²) in [4.78, 5) is 2.49. The number of nitrogens with zero attached hydrogens (tertiary/aromatic N) is 1. The molecule has 1 saturated heterocycles. The Morgan fingerprint density at radius 2 is 1.94 bits per heavy atom. The van der Waals surface area contributed by atoms with E-state index in [2.05, 4.69) is 35.2 Å². The fraction of sp³-hybridized carbons (Fsp3) is 0.571. The van der Waals surface area contributed by atoms with Crippen LogP contribution in [0.25, 0.3) is 0 Å². The third-order valence-electron chi connectivity index (χ3n) is 4.14. The van der Waals surface area contributed by atoms with Crippen LogP contribution >= 0.6 is 0 Å². The Balaban J connectivity index is 1.63. The third kappa shape index (κ3) is 1.87. The molecule has 2 aliphatic rings. The summed E-state index contributed by atoms with van der Waals surface area (Å²) in [6.07, 6.45) is 2.21. The normalized spacial score (nSPS) is 34.2. The second-order valence-electron chi connectivity index (χ2n) is 5.25. The van der Waals surface area contributed by atoms with Gasteiger partial charge >= 0.3 is 0 Å². The molecule has 0 bridgehead atoms. The van der Waals surface area contributed by atoms with Gasteiger partial charge < -0.3 is 5.11 Å². The molecule has 0 amide bonds. The van der Waals surface area contributed by atoms with E-state index in [-0.39, 0.29) is 6.10 Å². The van der Waals surface area contributed by atoms with Crippen molar-refractivity contribution in [2.24, 2.45) is 11.8 Å². The highest BCUT2D eigenvalue weighted by atomic mass is 16.3. The molecular weight excluding hydrogens is 198 g/mol. The maximum atomic E-state index is 9.86. The summed E-state index contributed by atoms with van der Waals surface area (Å²) < 4.78 is 0. The first-order valence-corrected chi connectivity index (χ1v) is 6.27. The summed E-state index contributed by atoms with van der Waals surface area (Å²) in [7, 11) is 0. The zero-order valence-electron chi connectivity index (χ0n) is 9.55. The fourth-order valence-electron chi connectivity index (χ4n) is 3.30. The number of fused-ring (bicyclic) bond motifs is 1. The summed E-state index contributed by atoms with van der Waals surface area (Å²) in [5.41, 5.74) is 1.39. The number of aliphatic hydroxyl groups is 1. The Hall–Kier alpha value is -0.860. The van der Waals surface area contributed by atoms with Gasteiger partial charge in [0.25, 0.3) is 0 Å². The lowest BCUT2D eigenvalue weighted by Crippen LogP contribution is -2.24. The van der Waals surface area contributed by atoms with Crippen LogP contribution in [0.1, 0.15) is 18.4 Å². The van der Waals surface area contributed by atoms with E-state index in [1.807, 2.05) is 0 Å². The standard InChI is InChI=1S/C14H19NO/c16-14-7-6-12-9-15(10-13(12)14)8-11-4-2-1-3-5-11/h1-5,12-14,16H,6-10H2/t12-,13-,14+/m1/s1. The molecule has 1 aromatic rings. The zero-order chi connectivity index (χ0) is 11.0. The van der Waals surface area contributed by atoms with Gasteiger partial charge in [0, 0.05) is 25.6 Å². The molecule has 1 N–H and O–H groups in total. The van der Waals surface area contributed by atoms with Gasteiger partial charge in [-0.1, -0.05) is 30.3 Å². The van der Waals surface area contributed by atoms with E-state index in [4.69, 9.17) is 0 Å². The lowest BCUT2D eigenvalue weighted by atomic mass is 10.00. The molecule has 0 spiro atoms. The minimum Gasteiger partial charge on any atom is -0.393 e. The maximum absolute atomic E-state index is 9.86. The molecule has 3 rings (SSSR count). The monoisotopic (exact) mass is 217 g/mol. The van der Waals surface area contributed by atoms with Gasteiger partial charge in [0.15, 0.2) is 0 Å². The van der Waals surface area contributed by atoms with Crippen molar-refractivity contribution in [3.05, 3.63) is 35.9 Å². The Bertz CT molecular complexity index is 351. The molecule has 1 saturated carbocycles. The van der Waals surface area contributed by atoms with Crippen LogP contribution in [0.2, 0.25) is 0 Å². The lowest BCUT2D eigenvalue weighted by Gasteiger charge is -2.17. The van der Waals surface area contributed by atoms with Crippen molar-refractivity contribution < 1.29 is 5.11 Å². The number of hydrogen-bond acceptors (Lipinski definition) is 2. The third-order valence-corrected chi connectivity index (χ3v) is 4.14. The van der Waals surface area contributed by atoms with E-state index < -0.39 is 0 Å². The van der Waals surface area contributed by atoms with Crippen molar-refractivity contribution in [1.29, 1.82) is 0 Å². The van der Waals surface area contributed by atoms with Crippen LogP contribution in [0.5, 0.6) is 0 Å². The van der Waals surface area contributed by atoms with Gasteiger partial charge in [-0.25, -0.2) is 0 Å². The van der Waals surface area contributed by atoms with Crippen molar-refractivity contribution >= 4 is 0 Å². The summed E-state index contributed by atoms with van der Waals surface area (Å²) in [5, 5.41) is 9.86. The first-order chi connectivity index (χ1) is 7.83. The Labute approximate surface area is 96.9 Å². The molecule has 1 heterocycles. The van der Waals surface area contributed by atoms with Crippen LogP contribution in [0, 0.1) is 11.8 Å². The molecule has 16 heavy (non-hydrogen) atoms. The van der Waals surface area contributed by atoms with Crippen molar-refractivity contribution in [3.63, 3.8) is 0 Å². The van der Waals surface area contributed by atoms with Crippen LogP contribution in [0.15, 0.2) is 30.3 Å². The predicted octanol–water partition coefficient (Wildman–Crippen LogP) is 1.89. The lowest BCUT2D eigenvalue weighted by molar-refractivity contribution is 0.123. The van der Waals surface area contributed by atoms with E-state index in [1.165, 1.54) is 18.5 Å². The number of likely N-dealkylation sites (tertiary alicyclic amines) is 1. The molecule has 2 nitrogen and oxygen atoms in total. The molecular formula is C14H19NO. The average Bonchev–Trinajstić information content (AvgIpc) is 2.83. The quantitative estimate of drug-likeness (QED) is 0.817. The number of rotatable bonds is 2. The topological polar surface area (TPSA) is 23.5 Å². The largest absolute Gasteiger partial charge is 0.393 e. The molecule has 2 fully saturated rings. The van der Waals surface area contributed by atoms with E-state index in [0.717, 1.165) is 25.4 Å². The van der Waals surface area contributed by atoms with E-state index in [1.54, 1.807) is 0 Å². The second kappa shape index (κ2) is 4.19. The first-order valence-electron chi connectivity index (χ1n) is 6.27. The van der Waals surface area contributed by atoms with Gasteiger partial charge in [0.1, 0.15) is 0 Å². The molecule has 0 unspecified atom stereocenters. The van der Waals surface area contributed by atoms with E-state index in [0.29, 0.717) is 5.92 Å². The summed E-state index contributed by atoms with van der Waals surface area (Å²) in [5.74, 6) is 1.29. The molecule has 0 radical (unpaired) electrons. The van der Waals surface area contributed by atoms with Gasteiger partial charge in [-0.2, -0.15) is 0 Å². The highest BCUT2D eigenvalue weighted by Crippen LogP contribution is 2.38. The van der Waals surface area contributed by atoms with Crippen molar-refractivity contribution in [3.8, 4) is 0 Å². The molecule has 1 aliphatic heterocycles. The maximum Gasteiger partial charge on any atom is 0.0583 e. The molecule has 1 aliphatic carbocycles. The van der Waals surface area contributed by atoms with Crippen molar-refractivity contribution in [2.75, 3.05) is 13.1 Å². The van der Waals surface area contributed by atoms with Gasteiger partial charge in [0.2, 0.25) is 0 Å². The predicted molar refractivity (Wildman–Crippen MR) is 63.9 cm³/mol. The second-order valence-corrected chi connectivity index (χ2v) is 5.25. The van der Waals surface area contributed by atoms with Crippen LogP contribution in [0.3, 0.4) is 0 Å². The summed E-state index contributed by atoms with van der Waals surface area (Å²) in [6.45, 7) is 3.30. The van der Waals surface area contributed by atoms with Gasteiger partial charge in [0.05, 0.1) is 6.10 Å². The smallest absolute Gasteiger partial charge is 0.0583 e. The minimum absolute atomic E-state index is 0.0363. The van der Waals surface area contributed by atoms with E-state index >= 15 is 0 Å². The molecule has 1 aromatic carbocycles. The first kappa shape index (κ1) is 10.3. The van der Waals surface area contributed by atoms with Gasteiger partial charge in [-0.05, 0) is 24.3 Å². The van der Waals surface area contributed by atoms with Crippen LogP contribution < -0.4 is 0 Å². The molecule has 3 atom stereocenters. The van der Waals surface area contributed by atoms with Gasteiger partial charge in [-0.3, -0.25) is 4.90 Å². The summed E-state index contributed by atoms with van der Waals surface area (Å²) in [6, 6.07) is 10.6. The number of benzene rings is 1. The van der Waals surface area contributed by atoms with Crippen molar-refractivity contribution in [2.45, 2.75) is 25.5 Å².